The lowest BCUT2D eigenvalue weighted by atomic mass is 9.98. The minimum Gasteiger partial charge on any atom is -0.490 e. The van der Waals surface area contributed by atoms with Crippen LogP contribution >= 0.6 is 11.3 Å². The SMILES string of the molecule is CCOc1cc(C2c3c(oc4ccc(C)cc4c3=O)C(=O)N2c2nc(C)c(C)s2)ccc1OCCC(C)C. The Morgan fingerprint density at radius 1 is 1.05 bits per heavy atom. The monoisotopic (exact) mass is 532 g/mol. The van der Waals surface area contributed by atoms with Gasteiger partial charge in [0.1, 0.15) is 5.58 Å². The van der Waals surface area contributed by atoms with Crippen molar-refractivity contribution in [1.82, 2.24) is 4.98 Å². The van der Waals surface area contributed by atoms with Crippen LogP contribution in [0.3, 0.4) is 0 Å². The van der Waals surface area contributed by atoms with Crippen LogP contribution in [0.1, 0.15) is 71.1 Å². The maximum atomic E-state index is 13.9. The maximum Gasteiger partial charge on any atom is 0.297 e. The zero-order chi connectivity index (χ0) is 27.1. The number of rotatable bonds is 8. The Morgan fingerprint density at radius 3 is 2.53 bits per heavy atom. The van der Waals surface area contributed by atoms with Crippen LogP contribution in [0.4, 0.5) is 5.13 Å². The molecule has 0 aliphatic carbocycles. The summed E-state index contributed by atoms with van der Waals surface area (Å²) < 4.78 is 18.1. The first-order valence-electron chi connectivity index (χ1n) is 12.9. The zero-order valence-electron chi connectivity index (χ0n) is 22.6. The number of thiazole rings is 1. The van der Waals surface area contributed by atoms with Gasteiger partial charge in [-0.05, 0) is 69.9 Å². The molecule has 1 atom stereocenters. The van der Waals surface area contributed by atoms with E-state index in [0.29, 0.717) is 52.3 Å². The van der Waals surface area contributed by atoms with Gasteiger partial charge in [-0.1, -0.05) is 31.5 Å². The van der Waals surface area contributed by atoms with Crippen molar-refractivity contribution in [1.29, 1.82) is 0 Å². The number of amides is 1. The molecule has 5 rings (SSSR count). The molecule has 2 aromatic carbocycles. The van der Waals surface area contributed by atoms with Crippen molar-refractivity contribution >= 4 is 33.3 Å². The molecule has 1 aliphatic rings. The van der Waals surface area contributed by atoms with E-state index in [1.807, 2.05) is 52.0 Å². The molecule has 8 heteroatoms. The minimum atomic E-state index is -0.715. The smallest absolute Gasteiger partial charge is 0.297 e. The number of hydrogen-bond acceptors (Lipinski definition) is 7. The summed E-state index contributed by atoms with van der Waals surface area (Å²) in [6.07, 6.45) is 0.919. The highest BCUT2D eigenvalue weighted by Gasteiger charge is 2.45. The largest absolute Gasteiger partial charge is 0.490 e. The van der Waals surface area contributed by atoms with E-state index in [9.17, 15) is 9.59 Å². The van der Waals surface area contributed by atoms with Crippen LogP contribution in [0.2, 0.25) is 0 Å². The van der Waals surface area contributed by atoms with Crippen molar-refractivity contribution in [2.24, 2.45) is 5.92 Å². The molecule has 0 fully saturated rings. The van der Waals surface area contributed by atoms with Gasteiger partial charge in [0.15, 0.2) is 22.1 Å². The molecule has 1 aliphatic heterocycles. The van der Waals surface area contributed by atoms with Crippen LogP contribution in [0.25, 0.3) is 11.0 Å². The number of nitrogens with zero attached hydrogens (tertiary/aromatic N) is 2. The summed E-state index contributed by atoms with van der Waals surface area (Å²) in [7, 11) is 0. The highest BCUT2D eigenvalue weighted by Crippen LogP contribution is 2.44. The average Bonchev–Trinajstić information content (AvgIpc) is 3.36. The van der Waals surface area contributed by atoms with E-state index in [-0.39, 0.29) is 17.1 Å². The molecule has 0 N–H and O–H groups in total. The third-order valence-corrected chi connectivity index (χ3v) is 7.86. The van der Waals surface area contributed by atoms with E-state index >= 15 is 0 Å². The molecule has 0 radical (unpaired) electrons. The molecular weight excluding hydrogens is 500 g/mol. The Morgan fingerprint density at radius 2 is 1.84 bits per heavy atom. The summed E-state index contributed by atoms with van der Waals surface area (Å²) in [5.74, 6) is 1.39. The Hall–Kier alpha value is -3.65. The number of benzene rings is 2. The van der Waals surface area contributed by atoms with Crippen LogP contribution in [0.5, 0.6) is 11.5 Å². The number of carbonyl (C=O) groups is 1. The van der Waals surface area contributed by atoms with E-state index in [1.54, 1.807) is 17.0 Å². The number of fused-ring (bicyclic) bond motifs is 2. The molecule has 198 valence electrons. The molecule has 4 aromatic rings. The molecule has 0 saturated carbocycles. The van der Waals surface area contributed by atoms with E-state index in [1.165, 1.54) is 11.3 Å². The molecule has 0 bridgehead atoms. The van der Waals surface area contributed by atoms with E-state index < -0.39 is 6.04 Å². The van der Waals surface area contributed by atoms with Crippen LogP contribution in [-0.2, 0) is 0 Å². The quantitative estimate of drug-likeness (QED) is 0.250. The fourth-order valence-corrected chi connectivity index (χ4v) is 5.58. The third-order valence-electron chi connectivity index (χ3n) is 6.79. The van der Waals surface area contributed by atoms with Crippen molar-refractivity contribution in [2.75, 3.05) is 18.1 Å². The van der Waals surface area contributed by atoms with Gasteiger partial charge < -0.3 is 13.9 Å². The lowest BCUT2D eigenvalue weighted by Gasteiger charge is -2.23. The molecular formula is C30H32N2O5S. The van der Waals surface area contributed by atoms with Gasteiger partial charge >= 0.3 is 0 Å². The van der Waals surface area contributed by atoms with Gasteiger partial charge in [-0.2, -0.15) is 0 Å². The minimum absolute atomic E-state index is 0.0529. The molecule has 1 amide bonds. The second kappa shape index (κ2) is 10.3. The van der Waals surface area contributed by atoms with E-state index in [0.717, 1.165) is 28.1 Å². The van der Waals surface area contributed by atoms with Crippen molar-refractivity contribution < 1.29 is 18.7 Å². The molecule has 7 nitrogen and oxygen atoms in total. The Balaban J connectivity index is 1.69. The highest BCUT2D eigenvalue weighted by atomic mass is 32.1. The summed E-state index contributed by atoms with van der Waals surface area (Å²) in [6.45, 7) is 13.0. The van der Waals surface area contributed by atoms with Gasteiger partial charge in [0.2, 0.25) is 5.76 Å². The van der Waals surface area contributed by atoms with Crippen molar-refractivity contribution in [3.63, 3.8) is 0 Å². The molecule has 3 heterocycles. The Labute approximate surface area is 226 Å². The zero-order valence-corrected chi connectivity index (χ0v) is 23.4. The number of anilines is 1. The first-order chi connectivity index (χ1) is 18.2. The Kier molecular flexibility index (Phi) is 7.01. The third kappa shape index (κ3) is 4.58. The van der Waals surface area contributed by atoms with E-state index in [4.69, 9.17) is 13.9 Å². The van der Waals surface area contributed by atoms with Crippen molar-refractivity contribution in [3.05, 3.63) is 79.6 Å². The second-order valence-corrected chi connectivity index (χ2v) is 11.2. The predicted molar refractivity (Wildman–Crippen MR) is 150 cm³/mol. The number of aromatic nitrogens is 1. The van der Waals surface area contributed by atoms with Crippen LogP contribution in [-0.4, -0.2) is 24.1 Å². The first-order valence-corrected chi connectivity index (χ1v) is 13.8. The van der Waals surface area contributed by atoms with Gasteiger partial charge in [0.05, 0.1) is 35.9 Å². The summed E-state index contributed by atoms with van der Waals surface area (Å²) in [5, 5.41) is 0.977. The number of carbonyl (C=O) groups excluding carboxylic acids is 1. The molecule has 2 aromatic heterocycles. The highest BCUT2D eigenvalue weighted by molar-refractivity contribution is 7.15. The molecule has 0 saturated heterocycles. The Bertz CT molecular complexity index is 1570. The fourth-order valence-electron chi connectivity index (χ4n) is 4.65. The fraction of sp³-hybridized carbons (Fsp3) is 0.367. The summed E-state index contributed by atoms with van der Waals surface area (Å²) in [4.78, 5) is 35.0. The van der Waals surface area contributed by atoms with Crippen molar-refractivity contribution in [3.8, 4) is 11.5 Å². The molecule has 38 heavy (non-hydrogen) atoms. The van der Waals surface area contributed by atoms with Crippen LogP contribution in [0, 0.1) is 26.7 Å². The van der Waals surface area contributed by atoms with Crippen molar-refractivity contribution in [2.45, 2.75) is 54.0 Å². The first kappa shape index (κ1) is 26.0. The number of hydrogen-bond donors (Lipinski definition) is 0. The van der Waals surface area contributed by atoms with Gasteiger partial charge in [0.25, 0.3) is 5.91 Å². The maximum absolute atomic E-state index is 13.9. The standard InChI is InChI=1S/C30H32N2O5S/c1-7-35-24-15-20(9-11-23(24)36-13-12-16(2)3)26-25-27(33)21-14-17(4)8-10-22(21)37-28(25)29(34)32(26)30-31-18(5)19(6)38-30/h8-11,14-16,26H,7,12-13H2,1-6H3. The second-order valence-electron chi connectivity index (χ2n) is 10.1. The average molecular weight is 533 g/mol. The molecule has 0 spiro atoms. The normalized spacial score (nSPS) is 15.0. The van der Waals surface area contributed by atoms with Gasteiger partial charge in [0, 0.05) is 4.88 Å². The number of aryl methyl sites for hydroxylation is 3. The summed E-state index contributed by atoms with van der Waals surface area (Å²) in [5.41, 5.74) is 3.00. The van der Waals surface area contributed by atoms with Crippen LogP contribution < -0.4 is 19.8 Å². The molecule has 1 unspecified atom stereocenters. The predicted octanol–water partition coefficient (Wildman–Crippen LogP) is 6.75. The number of ether oxygens (including phenoxy) is 2. The topological polar surface area (TPSA) is 81.9 Å². The van der Waals surface area contributed by atoms with E-state index in [2.05, 4.69) is 18.8 Å². The van der Waals surface area contributed by atoms with Gasteiger partial charge in [-0.25, -0.2) is 4.98 Å². The van der Waals surface area contributed by atoms with Gasteiger partial charge in [-0.15, -0.1) is 11.3 Å². The lowest BCUT2D eigenvalue weighted by Crippen LogP contribution is -2.29. The summed E-state index contributed by atoms with van der Waals surface area (Å²) in [6, 6.07) is 10.3. The van der Waals surface area contributed by atoms with Gasteiger partial charge in [-0.3, -0.25) is 14.5 Å². The lowest BCUT2D eigenvalue weighted by molar-refractivity contribution is 0.0971. The summed E-state index contributed by atoms with van der Waals surface area (Å²) >= 11 is 1.42. The van der Waals surface area contributed by atoms with Crippen LogP contribution in [0.15, 0.2) is 45.6 Å².